The van der Waals surface area contributed by atoms with Gasteiger partial charge in [-0.05, 0) is 143 Å². The number of esters is 2. The molecule has 2 aliphatic heterocycles. The summed E-state index contributed by atoms with van der Waals surface area (Å²) in [5, 5.41) is 11.4. The van der Waals surface area contributed by atoms with E-state index < -0.39 is 17.4 Å². The van der Waals surface area contributed by atoms with E-state index in [9.17, 15) is 5.11 Å². The average molecular weight is 841 g/mol. The second kappa shape index (κ2) is 21.5. The van der Waals surface area contributed by atoms with Gasteiger partial charge in [0.25, 0.3) is 0 Å². The van der Waals surface area contributed by atoms with Gasteiger partial charge in [-0.1, -0.05) is 96.1 Å². The fourth-order valence-corrected chi connectivity index (χ4v) is 12.0. The Kier molecular flexibility index (Phi) is 18.2. The van der Waals surface area contributed by atoms with E-state index in [1.54, 1.807) is 0 Å². The smallest absolute Gasteiger partial charge is 0.324 e. The van der Waals surface area contributed by atoms with E-state index in [2.05, 4.69) is 92.3 Å². The summed E-state index contributed by atoms with van der Waals surface area (Å²) in [6.45, 7) is 22.0. The molecule has 59 heavy (non-hydrogen) atoms. The average Bonchev–Trinajstić information content (AvgIpc) is 3.15. The molecule has 0 atom stereocenters. The number of rotatable bonds is 21. The number of aromatic hydroxyl groups is 1. The number of likely N-dealkylation sites (tertiary alicyclic amines) is 2. The van der Waals surface area contributed by atoms with Crippen molar-refractivity contribution in [2.75, 3.05) is 25.6 Å². The zero-order valence-electron chi connectivity index (χ0n) is 40.0. The third kappa shape index (κ3) is 13.4. The van der Waals surface area contributed by atoms with Crippen molar-refractivity contribution in [3.05, 3.63) is 28.8 Å². The maximum absolute atomic E-state index is 15.3. The molecule has 1 aromatic rings. The van der Waals surface area contributed by atoms with Crippen molar-refractivity contribution in [3.8, 4) is 5.75 Å². The van der Waals surface area contributed by atoms with Gasteiger partial charge in [0.1, 0.15) is 18.0 Å². The molecule has 2 saturated heterocycles. The number of carbonyl (C=O) groups excluding carboxylic acids is 2. The Morgan fingerprint density at radius 2 is 1.14 bits per heavy atom. The van der Waals surface area contributed by atoms with Crippen LogP contribution in [0, 0.1) is 12.3 Å². The topological polar surface area (TPSA) is 79.3 Å². The number of ether oxygens (including phenoxy) is 2. The zero-order chi connectivity index (χ0) is 43.6. The molecule has 4 rings (SSSR count). The molecule has 0 radical (unpaired) electrons. The lowest BCUT2D eigenvalue weighted by molar-refractivity contribution is -0.187. The standard InChI is InChI=1S/C51H88N2O5S/c1-13-14-15-16-17-18-19-20-21-25-29-59-30-28-51(45(55)57-41-34-47(3,4)52(11)48(5,6)35-41,46(56)58-42-36-49(7,8)53(12)50(9,10)37-42)33-39-31-38(2)44(54)43(32-39)40-26-23-22-24-27-40/h31-32,40-42,54H,13-30,33-37H2,1-12H3. The largest absolute Gasteiger partial charge is 0.507 e. The van der Waals surface area contributed by atoms with E-state index in [0.717, 1.165) is 54.5 Å². The molecule has 1 aromatic carbocycles. The number of phenolic OH excluding ortho intramolecular Hbond substituents is 1. The zero-order valence-corrected chi connectivity index (χ0v) is 40.8. The van der Waals surface area contributed by atoms with Gasteiger partial charge in [-0.15, -0.1) is 0 Å². The number of hydrogen-bond donors (Lipinski definition) is 1. The number of thioether (sulfide) groups is 1. The van der Waals surface area contributed by atoms with Crippen LogP contribution in [0.2, 0.25) is 0 Å². The van der Waals surface area contributed by atoms with Crippen LogP contribution >= 0.6 is 11.8 Å². The van der Waals surface area contributed by atoms with Crippen LogP contribution in [0.1, 0.15) is 213 Å². The molecule has 0 amide bonds. The fraction of sp³-hybridized carbons (Fsp3) is 0.843. The summed E-state index contributed by atoms with van der Waals surface area (Å²) in [5.74, 6) is 1.42. The van der Waals surface area contributed by atoms with Crippen LogP contribution in [0.25, 0.3) is 0 Å². The van der Waals surface area contributed by atoms with Crippen LogP contribution in [-0.2, 0) is 25.5 Å². The molecule has 2 heterocycles. The number of nitrogens with zero attached hydrogens (tertiary/aromatic N) is 2. The first-order valence-electron chi connectivity index (χ1n) is 24.0. The van der Waals surface area contributed by atoms with Gasteiger partial charge in [0.15, 0.2) is 5.41 Å². The molecule has 7 nitrogen and oxygen atoms in total. The highest BCUT2D eigenvalue weighted by atomic mass is 32.2. The Morgan fingerprint density at radius 3 is 1.59 bits per heavy atom. The molecule has 0 aromatic heterocycles. The van der Waals surface area contributed by atoms with E-state index in [0.29, 0.717) is 43.6 Å². The normalized spacial score (nSPS) is 21.7. The number of carbonyl (C=O) groups is 2. The molecule has 0 bridgehead atoms. The monoisotopic (exact) mass is 841 g/mol. The second-order valence-corrected chi connectivity index (χ2v) is 23.0. The summed E-state index contributed by atoms with van der Waals surface area (Å²) in [6.07, 6.45) is 21.3. The summed E-state index contributed by atoms with van der Waals surface area (Å²) in [5.41, 5.74) is 0.402. The van der Waals surface area contributed by atoms with Gasteiger partial charge in [0.2, 0.25) is 0 Å². The first kappa shape index (κ1) is 49.9. The molecule has 1 aliphatic carbocycles. The number of benzene rings is 1. The van der Waals surface area contributed by atoms with E-state index in [1.165, 1.54) is 64.2 Å². The minimum atomic E-state index is -1.52. The number of piperidine rings is 2. The third-order valence-corrected chi connectivity index (χ3v) is 16.2. The Bertz CT molecular complexity index is 1400. The van der Waals surface area contributed by atoms with Crippen molar-refractivity contribution < 1.29 is 24.2 Å². The summed E-state index contributed by atoms with van der Waals surface area (Å²) < 4.78 is 13.4. The second-order valence-electron chi connectivity index (χ2n) is 21.7. The third-order valence-electron chi connectivity index (χ3n) is 15.1. The predicted octanol–water partition coefficient (Wildman–Crippen LogP) is 12.7. The quantitative estimate of drug-likeness (QED) is 0.0745. The molecule has 0 spiro atoms. The number of hydrogen-bond acceptors (Lipinski definition) is 8. The van der Waals surface area contributed by atoms with Gasteiger partial charge < -0.3 is 14.6 Å². The Balaban J connectivity index is 1.65. The molecular formula is C51H88N2O5S. The van der Waals surface area contributed by atoms with Crippen molar-refractivity contribution in [2.24, 2.45) is 5.41 Å². The van der Waals surface area contributed by atoms with Gasteiger partial charge in [-0.25, -0.2) is 0 Å². The van der Waals surface area contributed by atoms with Gasteiger partial charge >= 0.3 is 11.9 Å². The van der Waals surface area contributed by atoms with Crippen LogP contribution in [0.5, 0.6) is 5.75 Å². The van der Waals surface area contributed by atoms with Crippen molar-refractivity contribution >= 4 is 23.7 Å². The maximum atomic E-state index is 15.3. The molecule has 1 saturated carbocycles. The first-order chi connectivity index (χ1) is 27.6. The summed E-state index contributed by atoms with van der Waals surface area (Å²) in [7, 11) is 4.32. The van der Waals surface area contributed by atoms with Crippen LogP contribution in [0.4, 0.5) is 0 Å². The molecule has 0 unspecified atom stereocenters. The SMILES string of the molecule is CCCCCCCCCCCCSCCC(Cc1cc(C)c(O)c(C2CCCCC2)c1)(C(=O)OC1CC(C)(C)N(C)C(C)(C)C1)C(=O)OC1CC(C)(C)N(C)C(C)(C)C1. The Hall–Kier alpha value is -1.77. The maximum Gasteiger partial charge on any atom is 0.324 e. The molecule has 338 valence electrons. The lowest BCUT2D eigenvalue weighted by Gasteiger charge is -2.53. The van der Waals surface area contributed by atoms with E-state index in [1.807, 2.05) is 24.8 Å². The number of unbranched alkanes of at least 4 members (excludes halogenated alkanes) is 9. The molecule has 8 heteroatoms. The Morgan fingerprint density at radius 1 is 0.695 bits per heavy atom. The minimum Gasteiger partial charge on any atom is -0.507 e. The van der Waals surface area contributed by atoms with Gasteiger partial charge in [0, 0.05) is 47.8 Å². The highest BCUT2D eigenvalue weighted by Crippen LogP contribution is 2.45. The summed E-state index contributed by atoms with van der Waals surface area (Å²) >= 11 is 1.86. The van der Waals surface area contributed by atoms with Crippen LogP contribution in [0.15, 0.2) is 12.1 Å². The summed E-state index contributed by atoms with van der Waals surface area (Å²) in [4.78, 5) is 35.4. The van der Waals surface area contributed by atoms with Crippen molar-refractivity contribution in [2.45, 2.75) is 244 Å². The lowest BCUT2D eigenvalue weighted by Crippen LogP contribution is -2.61. The van der Waals surface area contributed by atoms with E-state index in [4.69, 9.17) is 9.47 Å². The van der Waals surface area contributed by atoms with Gasteiger partial charge in [-0.2, -0.15) is 11.8 Å². The predicted molar refractivity (Wildman–Crippen MR) is 249 cm³/mol. The molecular weight excluding hydrogens is 753 g/mol. The van der Waals surface area contributed by atoms with Crippen LogP contribution < -0.4 is 0 Å². The molecule has 3 aliphatic rings. The highest BCUT2D eigenvalue weighted by Gasteiger charge is 2.54. The lowest BCUT2D eigenvalue weighted by atomic mass is 9.75. The van der Waals surface area contributed by atoms with Crippen LogP contribution in [-0.4, -0.2) is 86.8 Å². The van der Waals surface area contributed by atoms with Crippen LogP contribution in [0.3, 0.4) is 0 Å². The van der Waals surface area contributed by atoms with Crippen molar-refractivity contribution in [3.63, 3.8) is 0 Å². The van der Waals surface area contributed by atoms with Crippen molar-refractivity contribution in [1.29, 1.82) is 0 Å². The highest BCUT2D eigenvalue weighted by molar-refractivity contribution is 7.99. The first-order valence-corrected chi connectivity index (χ1v) is 25.1. The minimum absolute atomic E-state index is 0.185. The van der Waals surface area contributed by atoms with E-state index in [-0.39, 0.29) is 46.7 Å². The fourth-order valence-electron chi connectivity index (χ4n) is 10.9. The molecule has 3 fully saturated rings. The number of aryl methyl sites for hydroxylation is 1. The van der Waals surface area contributed by atoms with Gasteiger partial charge in [-0.3, -0.25) is 19.4 Å². The van der Waals surface area contributed by atoms with Crippen molar-refractivity contribution in [1.82, 2.24) is 9.80 Å². The number of phenols is 1. The van der Waals surface area contributed by atoms with E-state index >= 15 is 9.59 Å². The Labute approximate surface area is 366 Å². The molecule has 1 N–H and O–H groups in total. The van der Waals surface area contributed by atoms with Gasteiger partial charge in [0.05, 0.1) is 0 Å². The summed E-state index contributed by atoms with van der Waals surface area (Å²) in [6, 6.07) is 4.10.